The highest BCUT2D eigenvalue weighted by Gasteiger charge is 2.25. The van der Waals surface area contributed by atoms with Crippen LogP contribution < -0.4 is 5.32 Å². The molecular formula is C6H11F3IN. The van der Waals surface area contributed by atoms with E-state index in [2.05, 4.69) is 27.9 Å². The molecule has 0 radical (unpaired) electrons. The minimum atomic E-state index is -4.07. The van der Waals surface area contributed by atoms with E-state index in [-0.39, 0.29) is 0 Å². The number of unbranched alkanes of at least 4 members (excludes halogenated alkanes) is 1. The summed E-state index contributed by atoms with van der Waals surface area (Å²) < 4.78 is 35.5. The smallest absolute Gasteiger partial charge is 0.309 e. The Hall–Kier alpha value is 0.480. The molecule has 0 aromatic rings. The number of rotatable bonds is 5. The molecule has 0 rings (SSSR count). The summed E-state index contributed by atoms with van der Waals surface area (Å²) in [4.78, 5) is 0. The fourth-order valence-electron chi connectivity index (χ4n) is 0.575. The van der Waals surface area contributed by atoms with Gasteiger partial charge in [0.1, 0.15) is 0 Å². The monoisotopic (exact) mass is 281 g/mol. The molecule has 0 bridgehead atoms. The summed E-state index contributed by atoms with van der Waals surface area (Å²) in [7, 11) is 0. The number of hydrogen-bond donors (Lipinski definition) is 1. The van der Waals surface area contributed by atoms with Gasteiger partial charge in [-0.2, -0.15) is 13.2 Å². The van der Waals surface area contributed by atoms with Gasteiger partial charge in [0, 0.05) is 0 Å². The molecule has 0 aliphatic carbocycles. The van der Waals surface area contributed by atoms with E-state index >= 15 is 0 Å². The van der Waals surface area contributed by atoms with Crippen LogP contribution in [0.2, 0.25) is 0 Å². The van der Waals surface area contributed by atoms with Gasteiger partial charge in [0.15, 0.2) is 0 Å². The van der Waals surface area contributed by atoms with Gasteiger partial charge in [0.05, 0.1) is 6.54 Å². The fraction of sp³-hybridized carbons (Fsp3) is 1.00. The third kappa shape index (κ3) is 10.5. The lowest BCUT2D eigenvalue weighted by atomic mass is 10.3. The number of halogens is 4. The third-order valence-electron chi connectivity index (χ3n) is 1.06. The Bertz CT molecular complexity index is 94.3. The van der Waals surface area contributed by atoms with Crippen molar-refractivity contribution in [2.45, 2.75) is 19.0 Å². The van der Waals surface area contributed by atoms with Crippen molar-refractivity contribution in [2.75, 3.05) is 17.5 Å². The van der Waals surface area contributed by atoms with Crippen LogP contribution in [0.4, 0.5) is 13.2 Å². The third-order valence-corrected chi connectivity index (χ3v) is 1.83. The Morgan fingerprint density at radius 2 is 1.82 bits per heavy atom. The van der Waals surface area contributed by atoms with Crippen LogP contribution in [-0.2, 0) is 0 Å². The summed E-state index contributed by atoms with van der Waals surface area (Å²) in [5.74, 6) is 0. The van der Waals surface area contributed by atoms with Crippen molar-refractivity contribution in [1.29, 1.82) is 0 Å². The molecular weight excluding hydrogens is 270 g/mol. The van der Waals surface area contributed by atoms with Crippen molar-refractivity contribution < 1.29 is 13.2 Å². The normalized spacial score (nSPS) is 12.0. The highest BCUT2D eigenvalue weighted by atomic mass is 127. The van der Waals surface area contributed by atoms with E-state index in [0.29, 0.717) is 6.54 Å². The maximum Gasteiger partial charge on any atom is 0.401 e. The van der Waals surface area contributed by atoms with Gasteiger partial charge in [-0.3, -0.25) is 0 Å². The summed E-state index contributed by atoms with van der Waals surface area (Å²) in [6.07, 6.45) is -2.27. The Labute approximate surface area is 77.9 Å². The van der Waals surface area contributed by atoms with E-state index < -0.39 is 12.7 Å². The van der Waals surface area contributed by atoms with Gasteiger partial charge in [-0.1, -0.05) is 22.6 Å². The zero-order valence-corrected chi connectivity index (χ0v) is 8.20. The summed E-state index contributed by atoms with van der Waals surface area (Å²) in [5.41, 5.74) is 0. The van der Waals surface area contributed by atoms with E-state index in [1.54, 1.807) is 0 Å². The van der Waals surface area contributed by atoms with Crippen LogP contribution >= 0.6 is 22.6 Å². The summed E-state index contributed by atoms with van der Waals surface area (Å²) in [6, 6.07) is 0. The molecule has 0 aliphatic rings. The van der Waals surface area contributed by atoms with Crippen molar-refractivity contribution >= 4 is 22.6 Å². The highest BCUT2D eigenvalue weighted by molar-refractivity contribution is 14.1. The Balaban J connectivity index is 3.02. The number of alkyl halides is 4. The molecule has 0 spiro atoms. The molecule has 1 N–H and O–H groups in total. The van der Waals surface area contributed by atoms with E-state index in [4.69, 9.17) is 0 Å². The van der Waals surface area contributed by atoms with Gasteiger partial charge < -0.3 is 5.32 Å². The molecule has 5 heteroatoms. The molecule has 0 amide bonds. The predicted octanol–water partition coefficient (Wildman–Crippen LogP) is 2.35. The van der Waals surface area contributed by atoms with E-state index in [0.717, 1.165) is 17.3 Å². The topological polar surface area (TPSA) is 12.0 Å². The first-order valence-electron chi connectivity index (χ1n) is 3.39. The van der Waals surface area contributed by atoms with E-state index in [1.165, 1.54) is 0 Å². The maximum atomic E-state index is 11.5. The van der Waals surface area contributed by atoms with Crippen LogP contribution in [0.3, 0.4) is 0 Å². The second kappa shape index (κ2) is 6.05. The SMILES string of the molecule is FC(F)(F)CNCCCCI. The zero-order valence-electron chi connectivity index (χ0n) is 6.05. The van der Waals surface area contributed by atoms with Crippen LogP contribution in [0.25, 0.3) is 0 Å². The lowest BCUT2D eigenvalue weighted by molar-refractivity contribution is -0.124. The number of nitrogens with one attached hydrogen (secondary N) is 1. The van der Waals surface area contributed by atoms with Crippen molar-refractivity contribution in [3.8, 4) is 0 Å². The highest BCUT2D eigenvalue weighted by Crippen LogP contribution is 2.11. The minimum absolute atomic E-state index is 0.461. The molecule has 0 aromatic heterocycles. The first kappa shape index (κ1) is 11.5. The van der Waals surface area contributed by atoms with Crippen LogP contribution in [0.5, 0.6) is 0 Å². The second-order valence-corrected chi connectivity index (χ2v) is 3.27. The predicted molar refractivity (Wildman–Crippen MR) is 47.0 cm³/mol. The summed E-state index contributed by atoms with van der Waals surface area (Å²) in [6.45, 7) is -0.406. The molecule has 0 aromatic carbocycles. The lowest BCUT2D eigenvalue weighted by Gasteiger charge is -2.06. The fourth-order valence-corrected chi connectivity index (χ4v) is 1.11. The molecule has 11 heavy (non-hydrogen) atoms. The van der Waals surface area contributed by atoms with Gasteiger partial charge in [-0.05, 0) is 23.8 Å². The van der Waals surface area contributed by atoms with Gasteiger partial charge in [0.25, 0.3) is 0 Å². The molecule has 0 saturated heterocycles. The van der Waals surface area contributed by atoms with Crippen molar-refractivity contribution in [3.63, 3.8) is 0 Å². The molecule has 0 heterocycles. The van der Waals surface area contributed by atoms with Gasteiger partial charge in [0.2, 0.25) is 0 Å². The van der Waals surface area contributed by atoms with Crippen molar-refractivity contribution in [2.24, 2.45) is 0 Å². The molecule has 0 aliphatic heterocycles. The molecule has 0 unspecified atom stereocenters. The molecule has 1 nitrogen and oxygen atoms in total. The lowest BCUT2D eigenvalue weighted by Crippen LogP contribution is -2.29. The Morgan fingerprint density at radius 3 is 2.27 bits per heavy atom. The molecule has 68 valence electrons. The van der Waals surface area contributed by atoms with Crippen LogP contribution in [0.1, 0.15) is 12.8 Å². The van der Waals surface area contributed by atoms with Crippen molar-refractivity contribution in [1.82, 2.24) is 5.32 Å². The number of hydrogen-bond acceptors (Lipinski definition) is 1. The minimum Gasteiger partial charge on any atom is -0.309 e. The van der Waals surface area contributed by atoms with Crippen LogP contribution in [0, 0.1) is 0 Å². The first-order valence-corrected chi connectivity index (χ1v) is 4.92. The van der Waals surface area contributed by atoms with E-state index in [1.807, 2.05) is 0 Å². The largest absolute Gasteiger partial charge is 0.401 e. The first-order chi connectivity index (χ1) is 5.06. The summed E-state index contributed by atoms with van der Waals surface area (Å²) in [5, 5.41) is 2.33. The standard InChI is InChI=1S/C6H11F3IN/c7-6(8,9)5-11-4-2-1-3-10/h11H,1-5H2. The maximum absolute atomic E-state index is 11.5. The van der Waals surface area contributed by atoms with Gasteiger partial charge in [-0.25, -0.2) is 0 Å². The van der Waals surface area contributed by atoms with Gasteiger partial charge >= 0.3 is 6.18 Å². The van der Waals surface area contributed by atoms with E-state index in [9.17, 15) is 13.2 Å². The average Bonchev–Trinajstić information content (AvgIpc) is 1.85. The van der Waals surface area contributed by atoms with Crippen LogP contribution in [-0.4, -0.2) is 23.7 Å². The van der Waals surface area contributed by atoms with Crippen LogP contribution in [0.15, 0.2) is 0 Å². The average molecular weight is 281 g/mol. The molecule has 0 fully saturated rings. The second-order valence-electron chi connectivity index (χ2n) is 2.19. The van der Waals surface area contributed by atoms with Crippen molar-refractivity contribution in [3.05, 3.63) is 0 Å². The Kier molecular flexibility index (Phi) is 6.31. The quantitative estimate of drug-likeness (QED) is 0.463. The Morgan fingerprint density at radius 1 is 1.18 bits per heavy atom. The summed E-state index contributed by atoms with van der Waals surface area (Å²) >= 11 is 2.21. The molecule has 0 atom stereocenters. The zero-order chi connectivity index (χ0) is 8.74. The van der Waals surface area contributed by atoms with Gasteiger partial charge in [-0.15, -0.1) is 0 Å². The molecule has 0 saturated carbocycles.